The zero-order chi connectivity index (χ0) is 18.8. The number of imidazole rings is 1. The maximum absolute atomic E-state index is 12.7. The Balaban J connectivity index is 1.40. The van der Waals surface area contributed by atoms with Gasteiger partial charge in [-0.3, -0.25) is 9.78 Å². The molecule has 3 heterocycles. The van der Waals surface area contributed by atoms with Gasteiger partial charge in [0.2, 0.25) is 5.91 Å². The maximum Gasteiger partial charge on any atom is 0.229 e. The van der Waals surface area contributed by atoms with Gasteiger partial charge in [-0.05, 0) is 31.5 Å². The molecular weight excluding hydrogens is 336 g/mol. The number of likely N-dealkylation sites (tertiary alicyclic amines) is 1. The SMILES string of the molecule is Cc1cnc(-c2ccncc2)n1CC1CN(C(=O)C(C)c2ccccc2)C1. The van der Waals surface area contributed by atoms with Crippen LogP contribution in [0.4, 0.5) is 0 Å². The molecule has 4 rings (SSSR count). The van der Waals surface area contributed by atoms with Crippen molar-refractivity contribution in [1.82, 2.24) is 19.4 Å². The van der Waals surface area contributed by atoms with Crippen molar-refractivity contribution < 1.29 is 4.79 Å². The molecule has 1 atom stereocenters. The standard InChI is InChI=1S/C22H24N4O/c1-16-12-24-21(20-8-10-23-11-9-20)26(16)15-18-13-25(14-18)22(27)17(2)19-6-4-3-5-7-19/h3-12,17-18H,13-15H2,1-2H3. The number of hydrogen-bond acceptors (Lipinski definition) is 3. The average molecular weight is 360 g/mol. The summed E-state index contributed by atoms with van der Waals surface area (Å²) in [6, 6.07) is 14.0. The number of pyridine rings is 1. The van der Waals surface area contributed by atoms with Crippen LogP contribution in [0.25, 0.3) is 11.4 Å². The van der Waals surface area contributed by atoms with Crippen molar-refractivity contribution in [2.75, 3.05) is 13.1 Å². The van der Waals surface area contributed by atoms with Crippen molar-refractivity contribution in [1.29, 1.82) is 0 Å². The zero-order valence-corrected chi connectivity index (χ0v) is 15.7. The molecule has 1 aliphatic rings. The molecule has 3 aromatic rings. The van der Waals surface area contributed by atoms with Crippen molar-refractivity contribution in [2.45, 2.75) is 26.3 Å². The fraction of sp³-hybridized carbons (Fsp3) is 0.318. The van der Waals surface area contributed by atoms with Crippen LogP contribution in [0.2, 0.25) is 0 Å². The van der Waals surface area contributed by atoms with Crippen LogP contribution < -0.4 is 0 Å². The highest BCUT2D eigenvalue weighted by molar-refractivity contribution is 5.84. The molecule has 0 radical (unpaired) electrons. The van der Waals surface area contributed by atoms with Crippen molar-refractivity contribution in [3.63, 3.8) is 0 Å². The molecule has 1 amide bonds. The minimum Gasteiger partial charge on any atom is -0.341 e. The number of amides is 1. The minimum absolute atomic E-state index is 0.0884. The van der Waals surface area contributed by atoms with Crippen LogP contribution in [0.3, 0.4) is 0 Å². The predicted molar refractivity (Wildman–Crippen MR) is 105 cm³/mol. The molecule has 5 heteroatoms. The third kappa shape index (κ3) is 3.50. The lowest BCUT2D eigenvalue weighted by Crippen LogP contribution is -2.52. The smallest absolute Gasteiger partial charge is 0.229 e. The normalized spacial score (nSPS) is 15.4. The Bertz CT molecular complexity index is 914. The summed E-state index contributed by atoms with van der Waals surface area (Å²) >= 11 is 0. The van der Waals surface area contributed by atoms with E-state index in [-0.39, 0.29) is 11.8 Å². The number of carbonyl (C=O) groups is 1. The Morgan fingerprint density at radius 1 is 1.15 bits per heavy atom. The minimum atomic E-state index is -0.0884. The van der Waals surface area contributed by atoms with Gasteiger partial charge in [0.1, 0.15) is 5.82 Å². The van der Waals surface area contributed by atoms with Gasteiger partial charge in [0.05, 0.1) is 5.92 Å². The van der Waals surface area contributed by atoms with E-state index in [0.29, 0.717) is 5.92 Å². The number of aryl methyl sites for hydroxylation is 1. The Hall–Kier alpha value is -2.95. The van der Waals surface area contributed by atoms with E-state index in [1.165, 1.54) is 0 Å². The Morgan fingerprint density at radius 3 is 2.56 bits per heavy atom. The molecule has 0 bridgehead atoms. The Morgan fingerprint density at radius 2 is 1.85 bits per heavy atom. The fourth-order valence-electron chi connectivity index (χ4n) is 3.70. The van der Waals surface area contributed by atoms with Crippen LogP contribution in [-0.4, -0.2) is 38.4 Å². The van der Waals surface area contributed by atoms with E-state index in [2.05, 4.69) is 21.5 Å². The van der Waals surface area contributed by atoms with Gasteiger partial charge in [-0.25, -0.2) is 4.98 Å². The van der Waals surface area contributed by atoms with Crippen LogP contribution in [0.15, 0.2) is 61.1 Å². The van der Waals surface area contributed by atoms with Crippen molar-refractivity contribution >= 4 is 5.91 Å². The van der Waals surface area contributed by atoms with Gasteiger partial charge in [0, 0.05) is 55.4 Å². The zero-order valence-electron chi connectivity index (χ0n) is 15.7. The molecule has 1 aromatic carbocycles. The Labute approximate surface area is 159 Å². The van der Waals surface area contributed by atoms with E-state index in [4.69, 9.17) is 0 Å². The van der Waals surface area contributed by atoms with Crippen molar-refractivity contribution in [3.8, 4) is 11.4 Å². The molecule has 1 aliphatic heterocycles. The molecule has 0 N–H and O–H groups in total. The van der Waals surface area contributed by atoms with Crippen LogP contribution in [0.5, 0.6) is 0 Å². The molecule has 138 valence electrons. The quantitative estimate of drug-likeness (QED) is 0.700. The van der Waals surface area contributed by atoms with E-state index in [0.717, 1.165) is 42.3 Å². The van der Waals surface area contributed by atoms with Gasteiger partial charge in [-0.15, -0.1) is 0 Å². The van der Waals surface area contributed by atoms with Crippen LogP contribution in [-0.2, 0) is 11.3 Å². The molecule has 5 nitrogen and oxygen atoms in total. The molecular formula is C22H24N4O. The number of hydrogen-bond donors (Lipinski definition) is 0. The van der Waals surface area contributed by atoms with Crippen LogP contribution in [0, 0.1) is 12.8 Å². The Kier molecular flexibility index (Phi) is 4.75. The molecule has 1 saturated heterocycles. The highest BCUT2D eigenvalue weighted by Crippen LogP contribution is 2.27. The summed E-state index contributed by atoms with van der Waals surface area (Å²) in [5.74, 6) is 1.56. The van der Waals surface area contributed by atoms with Crippen LogP contribution in [0.1, 0.15) is 24.1 Å². The van der Waals surface area contributed by atoms with E-state index in [9.17, 15) is 4.79 Å². The number of aromatic nitrogens is 3. The lowest BCUT2D eigenvalue weighted by molar-refractivity contribution is -0.139. The molecule has 0 spiro atoms. The molecule has 27 heavy (non-hydrogen) atoms. The fourth-order valence-corrected chi connectivity index (χ4v) is 3.70. The summed E-state index contributed by atoms with van der Waals surface area (Å²) in [6.07, 6.45) is 5.49. The maximum atomic E-state index is 12.7. The highest BCUT2D eigenvalue weighted by Gasteiger charge is 2.34. The van der Waals surface area contributed by atoms with Gasteiger partial charge in [0.15, 0.2) is 0 Å². The first-order valence-electron chi connectivity index (χ1n) is 9.39. The summed E-state index contributed by atoms with van der Waals surface area (Å²) < 4.78 is 2.25. The number of rotatable bonds is 5. The van der Waals surface area contributed by atoms with Gasteiger partial charge >= 0.3 is 0 Å². The van der Waals surface area contributed by atoms with Crippen molar-refractivity contribution in [2.24, 2.45) is 5.92 Å². The molecule has 1 fully saturated rings. The second kappa shape index (κ2) is 7.35. The third-order valence-electron chi connectivity index (χ3n) is 5.37. The first-order valence-corrected chi connectivity index (χ1v) is 9.39. The highest BCUT2D eigenvalue weighted by atomic mass is 16.2. The first-order chi connectivity index (χ1) is 13.1. The van der Waals surface area contributed by atoms with Gasteiger partial charge in [0.25, 0.3) is 0 Å². The lowest BCUT2D eigenvalue weighted by atomic mass is 9.94. The number of carbonyl (C=O) groups excluding carboxylic acids is 1. The third-order valence-corrected chi connectivity index (χ3v) is 5.37. The summed E-state index contributed by atoms with van der Waals surface area (Å²) in [4.78, 5) is 23.4. The second-order valence-corrected chi connectivity index (χ2v) is 7.31. The largest absolute Gasteiger partial charge is 0.341 e. The summed E-state index contributed by atoms with van der Waals surface area (Å²) in [5, 5.41) is 0. The van der Waals surface area contributed by atoms with E-state index in [1.807, 2.05) is 60.5 Å². The van der Waals surface area contributed by atoms with E-state index >= 15 is 0 Å². The topological polar surface area (TPSA) is 51.0 Å². The first kappa shape index (κ1) is 17.5. The summed E-state index contributed by atoms with van der Waals surface area (Å²) in [7, 11) is 0. The van der Waals surface area contributed by atoms with E-state index < -0.39 is 0 Å². The molecule has 0 saturated carbocycles. The summed E-state index contributed by atoms with van der Waals surface area (Å²) in [5.41, 5.74) is 3.30. The monoisotopic (exact) mass is 360 g/mol. The van der Waals surface area contributed by atoms with Gasteiger partial charge in [-0.1, -0.05) is 30.3 Å². The van der Waals surface area contributed by atoms with E-state index in [1.54, 1.807) is 12.4 Å². The molecule has 0 aliphatic carbocycles. The molecule has 2 aromatic heterocycles. The van der Waals surface area contributed by atoms with Gasteiger partial charge < -0.3 is 9.47 Å². The number of nitrogens with zero attached hydrogens (tertiary/aromatic N) is 4. The average Bonchev–Trinajstić information content (AvgIpc) is 3.05. The lowest BCUT2D eigenvalue weighted by Gasteiger charge is -2.41. The van der Waals surface area contributed by atoms with Crippen LogP contribution >= 0.6 is 0 Å². The predicted octanol–water partition coefficient (Wildman–Crippen LogP) is 3.52. The summed E-state index contributed by atoms with van der Waals surface area (Å²) in [6.45, 7) is 6.57. The van der Waals surface area contributed by atoms with Crippen molar-refractivity contribution in [3.05, 3.63) is 72.3 Å². The number of benzene rings is 1. The van der Waals surface area contributed by atoms with Gasteiger partial charge in [-0.2, -0.15) is 0 Å². The second-order valence-electron chi connectivity index (χ2n) is 7.31. The molecule has 1 unspecified atom stereocenters.